The summed E-state index contributed by atoms with van der Waals surface area (Å²) < 4.78 is 33.7. The Kier molecular flexibility index (Phi) is 6.66. The summed E-state index contributed by atoms with van der Waals surface area (Å²) in [5, 5.41) is 8.39. The summed E-state index contributed by atoms with van der Waals surface area (Å²) in [5.41, 5.74) is 3.46. The third kappa shape index (κ3) is 4.33. The van der Waals surface area contributed by atoms with Gasteiger partial charge in [-0.15, -0.1) is 0 Å². The van der Waals surface area contributed by atoms with E-state index in [4.69, 9.17) is 27.6 Å². The van der Waals surface area contributed by atoms with E-state index in [0.29, 0.717) is 67.6 Å². The maximum atomic E-state index is 14.0. The van der Waals surface area contributed by atoms with E-state index in [-0.39, 0.29) is 5.76 Å². The highest BCUT2D eigenvalue weighted by molar-refractivity contribution is 6.19. The van der Waals surface area contributed by atoms with Crippen molar-refractivity contribution in [2.24, 2.45) is 0 Å². The van der Waals surface area contributed by atoms with Crippen LogP contribution in [0.15, 0.2) is 78.8 Å². The van der Waals surface area contributed by atoms with Gasteiger partial charge >= 0.3 is 5.63 Å². The first-order valence-corrected chi connectivity index (χ1v) is 13.0. The summed E-state index contributed by atoms with van der Waals surface area (Å²) in [5.74, 6) is 1.10. The van der Waals surface area contributed by atoms with Gasteiger partial charge in [-0.1, -0.05) is 35.5 Å². The van der Waals surface area contributed by atoms with E-state index < -0.39 is 11.5 Å². The number of aryl methyl sites for hydroxylation is 2. The predicted octanol–water partition coefficient (Wildman–Crippen LogP) is 6.76. The molecule has 1 N–H and O–H groups in total. The number of furan rings is 1. The molecule has 0 unspecified atom stereocenters. The van der Waals surface area contributed by atoms with Crippen molar-refractivity contribution in [2.75, 3.05) is 26.6 Å². The number of carbonyl (C=O) groups excluding carboxylic acids is 1. The topological polar surface area (TPSA) is 126 Å². The molecular formula is C32H26N2O8. The SMILES string of the molecule is COc1cc(-c2noc(C)c2NC(=O)c2oc3ccc4c(C)cc(=O)oc4c3c2-c2ccccc2)cc(OC)c1OC. The number of carbonyl (C=O) groups is 1. The number of benzene rings is 3. The van der Waals surface area contributed by atoms with Crippen molar-refractivity contribution in [3.63, 3.8) is 0 Å². The molecule has 0 aliphatic carbocycles. The fraction of sp³-hybridized carbons (Fsp3) is 0.156. The lowest BCUT2D eigenvalue weighted by atomic mass is 9.99. The molecule has 0 bridgehead atoms. The van der Waals surface area contributed by atoms with Gasteiger partial charge in [-0.3, -0.25) is 4.79 Å². The summed E-state index contributed by atoms with van der Waals surface area (Å²) in [7, 11) is 4.54. The molecule has 0 saturated carbocycles. The van der Waals surface area contributed by atoms with Gasteiger partial charge in [0.15, 0.2) is 17.3 Å². The van der Waals surface area contributed by atoms with Gasteiger partial charge in [0.25, 0.3) is 5.91 Å². The van der Waals surface area contributed by atoms with Gasteiger partial charge in [-0.05, 0) is 49.2 Å². The number of hydrogen-bond acceptors (Lipinski definition) is 9. The number of fused-ring (bicyclic) bond motifs is 3. The van der Waals surface area contributed by atoms with E-state index in [1.54, 1.807) is 25.1 Å². The fourth-order valence-corrected chi connectivity index (χ4v) is 5.11. The summed E-state index contributed by atoms with van der Waals surface area (Å²) in [6, 6.07) is 17.7. The zero-order chi connectivity index (χ0) is 29.5. The van der Waals surface area contributed by atoms with Gasteiger partial charge in [-0.2, -0.15) is 0 Å². The van der Waals surface area contributed by atoms with E-state index in [0.717, 1.165) is 10.9 Å². The van der Waals surface area contributed by atoms with Crippen molar-refractivity contribution in [3.05, 3.63) is 88.2 Å². The Balaban J connectivity index is 1.52. The van der Waals surface area contributed by atoms with Crippen molar-refractivity contribution in [3.8, 4) is 39.6 Å². The number of amides is 1. The van der Waals surface area contributed by atoms with Crippen molar-refractivity contribution >= 4 is 33.5 Å². The summed E-state index contributed by atoms with van der Waals surface area (Å²) in [6.07, 6.45) is 0. The summed E-state index contributed by atoms with van der Waals surface area (Å²) >= 11 is 0. The number of ether oxygens (including phenoxy) is 3. The Hall–Kier alpha value is -5.51. The van der Waals surface area contributed by atoms with Crippen LogP contribution in [-0.2, 0) is 0 Å². The van der Waals surface area contributed by atoms with Crippen LogP contribution in [-0.4, -0.2) is 32.4 Å². The second-order valence-corrected chi connectivity index (χ2v) is 9.57. The zero-order valence-electron chi connectivity index (χ0n) is 23.5. The molecule has 0 atom stereocenters. The minimum absolute atomic E-state index is 0.0318. The molecule has 0 aliphatic rings. The minimum Gasteiger partial charge on any atom is -0.493 e. The monoisotopic (exact) mass is 566 g/mol. The number of hydrogen-bond donors (Lipinski definition) is 1. The first-order valence-electron chi connectivity index (χ1n) is 13.0. The van der Waals surface area contributed by atoms with E-state index in [2.05, 4.69) is 10.5 Å². The second-order valence-electron chi connectivity index (χ2n) is 9.57. The first kappa shape index (κ1) is 26.7. The molecule has 6 aromatic rings. The van der Waals surface area contributed by atoms with E-state index in [9.17, 15) is 9.59 Å². The molecule has 0 fully saturated rings. The molecule has 0 saturated heterocycles. The molecule has 10 nitrogen and oxygen atoms in total. The highest BCUT2D eigenvalue weighted by Crippen LogP contribution is 2.44. The van der Waals surface area contributed by atoms with Crippen LogP contribution in [0.3, 0.4) is 0 Å². The molecule has 3 aromatic carbocycles. The normalized spacial score (nSPS) is 11.2. The van der Waals surface area contributed by atoms with Crippen LogP contribution in [0, 0.1) is 13.8 Å². The highest BCUT2D eigenvalue weighted by Gasteiger charge is 2.28. The average molecular weight is 567 g/mol. The molecule has 0 aliphatic heterocycles. The van der Waals surface area contributed by atoms with Crippen LogP contribution in [0.5, 0.6) is 17.2 Å². The number of methoxy groups -OCH3 is 3. The zero-order valence-corrected chi connectivity index (χ0v) is 23.5. The van der Waals surface area contributed by atoms with E-state index in [1.807, 2.05) is 43.3 Å². The molecule has 6 rings (SSSR count). The second kappa shape index (κ2) is 10.5. The molecule has 10 heteroatoms. The van der Waals surface area contributed by atoms with Gasteiger partial charge in [0.1, 0.15) is 22.5 Å². The Morgan fingerprint density at radius 2 is 1.57 bits per heavy atom. The molecular weight excluding hydrogens is 540 g/mol. The van der Waals surface area contributed by atoms with Crippen LogP contribution in [0.1, 0.15) is 21.9 Å². The lowest BCUT2D eigenvalue weighted by Gasteiger charge is -2.14. The Bertz CT molecular complexity index is 2010. The van der Waals surface area contributed by atoms with Crippen LogP contribution < -0.4 is 25.2 Å². The van der Waals surface area contributed by atoms with Gasteiger partial charge in [0, 0.05) is 22.6 Å². The molecule has 1 amide bonds. The number of rotatable bonds is 7. The largest absolute Gasteiger partial charge is 0.493 e. The van der Waals surface area contributed by atoms with Crippen molar-refractivity contribution in [1.82, 2.24) is 5.16 Å². The number of aromatic nitrogens is 1. The van der Waals surface area contributed by atoms with Gasteiger partial charge in [0.2, 0.25) is 11.5 Å². The summed E-state index contributed by atoms with van der Waals surface area (Å²) in [4.78, 5) is 26.4. The molecule has 0 radical (unpaired) electrons. The fourth-order valence-electron chi connectivity index (χ4n) is 5.11. The molecule has 3 heterocycles. The third-order valence-electron chi connectivity index (χ3n) is 7.08. The van der Waals surface area contributed by atoms with Gasteiger partial charge < -0.3 is 32.9 Å². The average Bonchev–Trinajstić information content (AvgIpc) is 3.57. The van der Waals surface area contributed by atoms with Crippen molar-refractivity contribution in [2.45, 2.75) is 13.8 Å². The van der Waals surface area contributed by atoms with Crippen LogP contribution in [0.2, 0.25) is 0 Å². The van der Waals surface area contributed by atoms with Crippen LogP contribution >= 0.6 is 0 Å². The molecule has 0 spiro atoms. The van der Waals surface area contributed by atoms with Crippen molar-refractivity contribution < 1.29 is 32.4 Å². The van der Waals surface area contributed by atoms with Gasteiger partial charge in [-0.25, -0.2) is 4.79 Å². The molecule has 42 heavy (non-hydrogen) atoms. The van der Waals surface area contributed by atoms with E-state index in [1.165, 1.54) is 27.4 Å². The Labute approximate surface area is 239 Å². The lowest BCUT2D eigenvalue weighted by Crippen LogP contribution is -2.13. The minimum atomic E-state index is -0.548. The Morgan fingerprint density at radius 3 is 2.24 bits per heavy atom. The van der Waals surface area contributed by atoms with Crippen LogP contribution in [0.4, 0.5) is 5.69 Å². The highest BCUT2D eigenvalue weighted by atomic mass is 16.5. The maximum Gasteiger partial charge on any atom is 0.336 e. The summed E-state index contributed by atoms with van der Waals surface area (Å²) in [6.45, 7) is 3.52. The molecule has 212 valence electrons. The van der Waals surface area contributed by atoms with Crippen molar-refractivity contribution in [1.29, 1.82) is 0 Å². The van der Waals surface area contributed by atoms with Crippen LogP contribution in [0.25, 0.3) is 44.3 Å². The first-order chi connectivity index (χ1) is 20.3. The predicted molar refractivity (Wildman–Crippen MR) is 157 cm³/mol. The lowest BCUT2D eigenvalue weighted by molar-refractivity contribution is 0.0999. The smallest absolute Gasteiger partial charge is 0.336 e. The number of nitrogens with zero attached hydrogens (tertiary/aromatic N) is 1. The molecule has 3 aromatic heterocycles. The maximum absolute atomic E-state index is 14.0. The van der Waals surface area contributed by atoms with Gasteiger partial charge in [0.05, 0.1) is 26.7 Å². The Morgan fingerprint density at radius 1 is 0.857 bits per heavy atom. The number of nitrogens with one attached hydrogen (secondary N) is 1. The van der Waals surface area contributed by atoms with E-state index >= 15 is 0 Å². The number of anilines is 1. The standard InChI is InChI=1S/C32H26N2O8/c1-16-13-24(35)41-29-20(16)11-12-21-26(29)25(18-9-7-6-8-10-18)31(40-21)32(36)33-27-17(2)42-34-28(27)19-14-22(37-3)30(39-5)23(15-19)38-4/h6-15H,1-5H3,(H,33,36). The third-order valence-corrected chi connectivity index (χ3v) is 7.08. The quantitative estimate of drug-likeness (QED) is 0.209.